The van der Waals surface area contributed by atoms with E-state index in [1.165, 1.54) is 31.4 Å². The summed E-state index contributed by atoms with van der Waals surface area (Å²) in [7, 11) is 0. The Labute approximate surface area is 80.5 Å². The van der Waals surface area contributed by atoms with Crippen LogP contribution in [0.1, 0.15) is 39.5 Å². The molecule has 0 amide bonds. The fraction of sp³-hybridized carbons (Fsp3) is 1.00. The summed E-state index contributed by atoms with van der Waals surface area (Å²) >= 11 is 2.20. The van der Waals surface area contributed by atoms with Crippen LogP contribution in [0.4, 0.5) is 0 Å². The molecule has 12 heavy (non-hydrogen) atoms. The third-order valence-corrected chi connectivity index (χ3v) is 5.51. The predicted octanol–water partition coefficient (Wildman–Crippen LogP) is 3.56. The first-order valence-electron chi connectivity index (χ1n) is 5.40. The monoisotopic (exact) mass is 184 g/mol. The van der Waals surface area contributed by atoms with Crippen LogP contribution >= 0.6 is 11.8 Å². The molecule has 1 aliphatic heterocycles. The van der Waals surface area contributed by atoms with Crippen LogP contribution in [0.5, 0.6) is 0 Å². The minimum atomic E-state index is 0.926. The van der Waals surface area contributed by atoms with Gasteiger partial charge in [-0.25, -0.2) is 0 Å². The van der Waals surface area contributed by atoms with E-state index < -0.39 is 0 Å². The fourth-order valence-corrected chi connectivity index (χ4v) is 4.47. The maximum Gasteiger partial charge on any atom is 0.00475 e. The lowest BCUT2D eigenvalue weighted by Gasteiger charge is -2.23. The van der Waals surface area contributed by atoms with Crippen LogP contribution in [-0.2, 0) is 0 Å². The van der Waals surface area contributed by atoms with Gasteiger partial charge in [0.25, 0.3) is 0 Å². The number of hydrogen-bond donors (Lipinski definition) is 0. The molecule has 70 valence electrons. The van der Waals surface area contributed by atoms with Gasteiger partial charge in [0.05, 0.1) is 0 Å². The van der Waals surface area contributed by atoms with Crippen molar-refractivity contribution in [2.24, 2.45) is 17.8 Å². The zero-order valence-electron chi connectivity index (χ0n) is 8.25. The average Bonchev–Trinajstić information content (AvgIpc) is 2.64. The molecule has 0 aromatic heterocycles. The molecule has 2 fully saturated rings. The molecule has 0 aromatic rings. The van der Waals surface area contributed by atoms with Gasteiger partial charge >= 0.3 is 0 Å². The maximum atomic E-state index is 2.47. The Kier molecular flexibility index (Phi) is 2.69. The van der Waals surface area contributed by atoms with Crippen LogP contribution < -0.4 is 0 Å². The minimum absolute atomic E-state index is 0.926. The summed E-state index contributed by atoms with van der Waals surface area (Å²) in [6.07, 6.45) is 6.07. The standard InChI is InChI=1S/C11H20S/c1-8-9(2)12-7-11(8)10-5-3-4-6-10/h8-11H,3-7H2,1-2H3. The van der Waals surface area contributed by atoms with E-state index in [0.717, 1.165) is 23.0 Å². The van der Waals surface area contributed by atoms with E-state index >= 15 is 0 Å². The van der Waals surface area contributed by atoms with Crippen molar-refractivity contribution in [1.29, 1.82) is 0 Å². The van der Waals surface area contributed by atoms with Gasteiger partial charge in [0, 0.05) is 5.25 Å². The van der Waals surface area contributed by atoms with Gasteiger partial charge in [-0.3, -0.25) is 0 Å². The highest BCUT2D eigenvalue weighted by Crippen LogP contribution is 2.45. The van der Waals surface area contributed by atoms with E-state index in [4.69, 9.17) is 0 Å². The largest absolute Gasteiger partial charge is 0.158 e. The van der Waals surface area contributed by atoms with Crippen molar-refractivity contribution < 1.29 is 0 Å². The van der Waals surface area contributed by atoms with Crippen LogP contribution in [0.25, 0.3) is 0 Å². The quantitative estimate of drug-likeness (QED) is 0.600. The normalized spacial score (nSPS) is 44.0. The van der Waals surface area contributed by atoms with Crippen LogP contribution in [0.15, 0.2) is 0 Å². The first-order valence-corrected chi connectivity index (χ1v) is 6.45. The Balaban J connectivity index is 1.95. The second-order valence-corrected chi connectivity index (χ2v) is 6.02. The molecule has 0 spiro atoms. The molecule has 1 saturated heterocycles. The van der Waals surface area contributed by atoms with Crippen molar-refractivity contribution in [3.63, 3.8) is 0 Å². The molecule has 3 unspecified atom stereocenters. The highest BCUT2D eigenvalue weighted by molar-refractivity contribution is 8.00. The van der Waals surface area contributed by atoms with Crippen molar-refractivity contribution in [2.45, 2.75) is 44.8 Å². The predicted molar refractivity (Wildman–Crippen MR) is 56.5 cm³/mol. The van der Waals surface area contributed by atoms with Crippen molar-refractivity contribution in [2.75, 3.05) is 5.75 Å². The van der Waals surface area contributed by atoms with Gasteiger partial charge in [-0.15, -0.1) is 0 Å². The molecule has 0 radical (unpaired) electrons. The summed E-state index contributed by atoms with van der Waals surface area (Å²) in [4.78, 5) is 0. The van der Waals surface area contributed by atoms with Gasteiger partial charge < -0.3 is 0 Å². The van der Waals surface area contributed by atoms with Gasteiger partial charge in [-0.2, -0.15) is 11.8 Å². The number of rotatable bonds is 1. The summed E-state index contributed by atoms with van der Waals surface area (Å²) in [5.41, 5.74) is 0. The summed E-state index contributed by atoms with van der Waals surface area (Å²) in [6, 6.07) is 0. The maximum absolute atomic E-state index is 2.47. The second-order valence-electron chi connectivity index (χ2n) is 4.61. The Bertz CT molecular complexity index is 149. The van der Waals surface area contributed by atoms with Crippen LogP contribution in [-0.4, -0.2) is 11.0 Å². The van der Waals surface area contributed by atoms with Crippen molar-refractivity contribution in [1.82, 2.24) is 0 Å². The van der Waals surface area contributed by atoms with Gasteiger partial charge in [-0.05, 0) is 23.5 Å². The Morgan fingerprint density at radius 3 is 2.25 bits per heavy atom. The van der Waals surface area contributed by atoms with E-state index in [9.17, 15) is 0 Å². The van der Waals surface area contributed by atoms with E-state index in [1.54, 1.807) is 0 Å². The van der Waals surface area contributed by atoms with Crippen LogP contribution in [0.3, 0.4) is 0 Å². The summed E-state index contributed by atoms with van der Waals surface area (Å²) in [6.45, 7) is 4.87. The zero-order valence-corrected chi connectivity index (χ0v) is 9.07. The van der Waals surface area contributed by atoms with E-state index in [0.29, 0.717) is 0 Å². The molecular formula is C11H20S. The highest BCUT2D eigenvalue weighted by atomic mass is 32.2. The third-order valence-electron chi connectivity index (χ3n) is 3.97. The van der Waals surface area contributed by atoms with Crippen molar-refractivity contribution in [3.8, 4) is 0 Å². The average molecular weight is 184 g/mol. The summed E-state index contributed by atoms with van der Waals surface area (Å²) in [5.74, 6) is 4.59. The minimum Gasteiger partial charge on any atom is -0.158 e. The van der Waals surface area contributed by atoms with Crippen LogP contribution in [0.2, 0.25) is 0 Å². The highest BCUT2D eigenvalue weighted by Gasteiger charge is 2.36. The second kappa shape index (κ2) is 3.61. The first-order chi connectivity index (χ1) is 5.79. The molecule has 0 nitrogen and oxygen atoms in total. The van der Waals surface area contributed by atoms with Gasteiger partial charge in [-0.1, -0.05) is 39.5 Å². The smallest absolute Gasteiger partial charge is 0.00475 e. The lowest BCUT2D eigenvalue weighted by molar-refractivity contribution is 0.285. The number of thioether (sulfide) groups is 1. The SMILES string of the molecule is CC1SCC(C2CCCC2)C1C. The molecule has 0 aromatic carbocycles. The first kappa shape index (κ1) is 8.93. The topological polar surface area (TPSA) is 0 Å². The Hall–Kier alpha value is 0.350. The molecular weight excluding hydrogens is 164 g/mol. The third kappa shape index (κ3) is 1.53. The van der Waals surface area contributed by atoms with E-state index in [1.807, 2.05) is 0 Å². The zero-order chi connectivity index (χ0) is 8.55. The van der Waals surface area contributed by atoms with E-state index in [-0.39, 0.29) is 0 Å². The molecule has 1 saturated carbocycles. The molecule has 2 rings (SSSR count). The fourth-order valence-electron chi connectivity index (χ4n) is 2.87. The van der Waals surface area contributed by atoms with Gasteiger partial charge in [0.2, 0.25) is 0 Å². The van der Waals surface area contributed by atoms with Gasteiger partial charge in [0.15, 0.2) is 0 Å². The van der Waals surface area contributed by atoms with Crippen LogP contribution in [0, 0.1) is 17.8 Å². The molecule has 2 aliphatic rings. The summed E-state index contributed by atoms with van der Waals surface area (Å²) in [5, 5.41) is 0.926. The van der Waals surface area contributed by atoms with Crippen molar-refractivity contribution >= 4 is 11.8 Å². The molecule has 3 atom stereocenters. The lowest BCUT2D eigenvalue weighted by Crippen LogP contribution is -2.20. The van der Waals surface area contributed by atoms with Crippen molar-refractivity contribution in [3.05, 3.63) is 0 Å². The molecule has 0 bridgehead atoms. The Morgan fingerprint density at radius 2 is 1.75 bits per heavy atom. The van der Waals surface area contributed by atoms with Gasteiger partial charge in [0.1, 0.15) is 0 Å². The molecule has 1 heterocycles. The number of hydrogen-bond acceptors (Lipinski definition) is 1. The molecule has 1 aliphatic carbocycles. The summed E-state index contributed by atoms with van der Waals surface area (Å²) < 4.78 is 0. The van der Waals surface area contributed by atoms with E-state index in [2.05, 4.69) is 25.6 Å². The molecule has 0 N–H and O–H groups in total. The molecule has 1 heteroatoms. The lowest BCUT2D eigenvalue weighted by atomic mass is 9.82. The Morgan fingerprint density at radius 1 is 1.08 bits per heavy atom.